The average molecular weight is 337 g/mol. The number of likely N-dealkylation sites (tertiary alicyclic amines) is 1. The lowest BCUT2D eigenvalue weighted by Gasteiger charge is -2.39. The molecule has 24 heavy (non-hydrogen) atoms. The van der Waals surface area contributed by atoms with Crippen LogP contribution in [-0.4, -0.2) is 73.0 Å². The van der Waals surface area contributed by atoms with Gasteiger partial charge in [0.2, 0.25) is 5.91 Å². The molecular weight excluding hydrogens is 310 g/mol. The lowest BCUT2D eigenvalue weighted by atomic mass is 9.89. The summed E-state index contributed by atoms with van der Waals surface area (Å²) >= 11 is 0. The Morgan fingerprint density at radius 2 is 2.38 bits per heavy atom. The first-order valence-corrected chi connectivity index (χ1v) is 8.56. The summed E-state index contributed by atoms with van der Waals surface area (Å²) in [6, 6.07) is 1.98. The van der Waals surface area contributed by atoms with Crippen LogP contribution >= 0.6 is 0 Å². The lowest BCUT2D eigenvalue weighted by Crippen LogP contribution is -2.47. The summed E-state index contributed by atoms with van der Waals surface area (Å²) in [6.07, 6.45) is 2.99. The van der Waals surface area contributed by atoms with Crippen molar-refractivity contribution in [1.29, 1.82) is 0 Å². The Balaban J connectivity index is 1.51. The smallest absolute Gasteiger partial charge is 0.248 e. The zero-order chi connectivity index (χ0) is 17.2. The fourth-order valence-corrected chi connectivity index (χ4v) is 3.56. The number of carbonyl (C=O) groups excluding carboxylic acids is 1. The van der Waals surface area contributed by atoms with Gasteiger partial charge >= 0.3 is 0 Å². The summed E-state index contributed by atoms with van der Waals surface area (Å²) in [7, 11) is 3.48. The van der Waals surface area contributed by atoms with Gasteiger partial charge in [-0.05, 0) is 26.3 Å². The number of nitrogens with zero attached hydrogens (tertiary/aromatic N) is 3. The fraction of sp³-hybridized carbons (Fsp3) is 0.765. The van der Waals surface area contributed by atoms with Crippen LogP contribution in [0.1, 0.15) is 30.7 Å². The van der Waals surface area contributed by atoms with Gasteiger partial charge in [0.05, 0.1) is 24.0 Å². The first-order valence-electron chi connectivity index (χ1n) is 8.56. The standard InChI is InChI=1S/C17H27N3O4/c1-13-7-14(18-24-13)9-20-6-4-5-17(12-20)8-15(10-23-17)22-11-16(21)19(2)3/h7,15H,4-6,8-12H2,1-3H3/t15-,17-/m1/s1. The largest absolute Gasteiger partial charge is 0.371 e. The maximum absolute atomic E-state index is 11.7. The molecule has 0 saturated carbocycles. The number of rotatable bonds is 5. The molecule has 7 nitrogen and oxygen atoms in total. The molecule has 134 valence electrons. The van der Waals surface area contributed by atoms with Gasteiger partial charge in [-0.15, -0.1) is 0 Å². The zero-order valence-electron chi connectivity index (χ0n) is 14.8. The minimum absolute atomic E-state index is 0.00291. The van der Waals surface area contributed by atoms with Crippen molar-refractivity contribution in [3.8, 4) is 0 Å². The molecule has 1 aromatic rings. The van der Waals surface area contributed by atoms with E-state index in [2.05, 4.69) is 10.1 Å². The molecule has 1 aromatic heterocycles. The first-order chi connectivity index (χ1) is 11.5. The molecule has 1 spiro atoms. The van der Waals surface area contributed by atoms with Crippen LogP contribution in [-0.2, 0) is 20.8 Å². The third-order valence-corrected chi connectivity index (χ3v) is 4.80. The maximum Gasteiger partial charge on any atom is 0.248 e. The number of aromatic nitrogens is 1. The summed E-state index contributed by atoms with van der Waals surface area (Å²) in [5.74, 6) is 0.829. The molecule has 2 aliphatic heterocycles. The Kier molecular flexibility index (Phi) is 5.22. The molecule has 0 aliphatic carbocycles. The molecule has 3 heterocycles. The Morgan fingerprint density at radius 1 is 1.54 bits per heavy atom. The van der Waals surface area contributed by atoms with E-state index in [-0.39, 0.29) is 24.2 Å². The van der Waals surface area contributed by atoms with Gasteiger partial charge in [-0.25, -0.2) is 0 Å². The molecule has 2 atom stereocenters. The van der Waals surface area contributed by atoms with E-state index < -0.39 is 0 Å². The molecule has 3 rings (SSSR count). The Hall–Kier alpha value is -1.44. The highest BCUT2D eigenvalue weighted by Crippen LogP contribution is 2.36. The highest BCUT2D eigenvalue weighted by Gasteiger charge is 2.44. The van der Waals surface area contributed by atoms with Crippen LogP contribution in [0.3, 0.4) is 0 Å². The van der Waals surface area contributed by atoms with Crippen molar-refractivity contribution in [2.75, 3.05) is 40.4 Å². The molecule has 0 aromatic carbocycles. The highest BCUT2D eigenvalue weighted by atomic mass is 16.6. The first kappa shape index (κ1) is 17.4. The zero-order valence-corrected chi connectivity index (χ0v) is 14.8. The van der Waals surface area contributed by atoms with E-state index in [4.69, 9.17) is 14.0 Å². The quantitative estimate of drug-likeness (QED) is 0.804. The predicted molar refractivity (Wildman–Crippen MR) is 87.5 cm³/mol. The summed E-state index contributed by atoms with van der Waals surface area (Å²) in [4.78, 5) is 15.6. The van der Waals surface area contributed by atoms with Gasteiger partial charge in [0.15, 0.2) is 0 Å². The van der Waals surface area contributed by atoms with Gasteiger partial charge in [-0.1, -0.05) is 5.16 Å². The minimum atomic E-state index is -0.150. The van der Waals surface area contributed by atoms with E-state index in [9.17, 15) is 4.79 Å². The number of hydrogen-bond donors (Lipinski definition) is 0. The van der Waals surface area contributed by atoms with Crippen LogP contribution in [0, 0.1) is 6.92 Å². The summed E-state index contributed by atoms with van der Waals surface area (Å²) in [6.45, 7) is 5.30. The molecule has 2 fully saturated rings. The highest BCUT2D eigenvalue weighted by molar-refractivity contribution is 5.76. The van der Waals surface area contributed by atoms with E-state index in [1.54, 1.807) is 19.0 Å². The molecule has 1 amide bonds. The predicted octanol–water partition coefficient (Wildman–Crippen LogP) is 1.21. The van der Waals surface area contributed by atoms with Gasteiger partial charge in [-0.3, -0.25) is 9.69 Å². The number of ether oxygens (including phenoxy) is 2. The average Bonchev–Trinajstić information content (AvgIpc) is 3.11. The number of carbonyl (C=O) groups is 1. The molecule has 2 aliphatic rings. The van der Waals surface area contributed by atoms with Crippen molar-refractivity contribution in [3.05, 3.63) is 17.5 Å². The minimum Gasteiger partial charge on any atom is -0.371 e. The number of aryl methyl sites for hydroxylation is 1. The van der Waals surface area contributed by atoms with Crippen LogP contribution in [0.2, 0.25) is 0 Å². The number of likely N-dealkylation sites (N-methyl/N-ethyl adjacent to an activating group) is 1. The van der Waals surface area contributed by atoms with Gasteiger partial charge in [0.25, 0.3) is 0 Å². The van der Waals surface area contributed by atoms with Gasteiger partial charge in [0, 0.05) is 39.7 Å². The van der Waals surface area contributed by atoms with Gasteiger partial charge in [0.1, 0.15) is 12.4 Å². The second-order valence-electron chi connectivity index (χ2n) is 7.16. The SMILES string of the molecule is Cc1cc(CN2CCC[C@@]3(C[C@@H](OCC(=O)N(C)C)CO3)C2)no1. The van der Waals surface area contributed by atoms with Crippen molar-refractivity contribution in [2.24, 2.45) is 0 Å². The van der Waals surface area contributed by atoms with Crippen molar-refractivity contribution in [1.82, 2.24) is 15.0 Å². The summed E-state index contributed by atoms with van der Waals surface area (Å²) < 4.78 is 17.0. The van der Waals surface area contributed by atoms with Crippen LogP contribution in [0.25, 0.3) is 0 Å². The van der Waals surface area contributed by atoms with Crippen LogP contribution in [0.4, 0.5) is 0 Å². The lowest BCUT2D eigenvalue weighted by molar-refractivity contribution is -0.135. The van der Waals surface area contributed by atoms with Crippen LogP contribution in [0.15, 0.2) is 10.6 Å². The van der Waals surface area contributed by atoms with E-state index in [0.29, 0.717) is 6.61 Å². The van der Waals surface area contributed by atoms with Crippen molar-refractivity contribution >= 4 is 5.91 Å². The van der Waals surface area contributed by atoms with E-state index in [1.807, 2.05) is 13.0 Å². The van der Waals surface area contributed by atoms with E-state index in [0.717, 1.165) is 50.4 Å². The topological polar surface area (TPSA) is 68.0 Å². The van der Waals surface area contributed by atoms with Gasteiger partial charge < -0.3 is 18.9 Å². The molecule has 2 saturated heterocycles. The molecule has 0 unspecified atom stereocenters. The molecule has 7 heteroatoms. The fourth-order valence-electron chi connectivity index (χ4n) is 3.56. The van der Waals surface area contributed by atoms with E-state index in [1.165, 1.54) is 0 Å². The van der Waals surface area contributed by atoms with Gasteiger partial charge in [-0.2, -0.15) is 0 Å². The monoisotopic (exact) mass is 337 g/mol. The van der Waals surface area contributed by atoms with Crippen molar-refractivity contribution < 1.29 is 18.8 Å². The molecular formula is C17H27N3O4. The van der Waals surface area contributed by atoms with Crippen LogP contribution < -0.4 is 0 Å². The normalized spacial score (nSPS) is 27.7. The second-order valence-corrected chi connectivity index (χ2v) is 7.16. The number of hydrogen-bond acceptors (Lipinski definition) is 6. The number of piperidine rings is 1. The second kappa shape index (κ2) is 7.21. The Morgan fingerprint density at radius 3 is 3.08 bits per heavy atom. The van der Waals surface area contributed by atoms with E-state index >= 15 is 0 Å². The van der Waals surface area contributed by atoms with Crippen LogP contribution in [0.5, 0.6) is 0 Å². The molecule has 0 N–H and O–H groups in total. The summed E-state index contributed by atoms with van der Waals surface area (Å²) in [5.41, 5.74) is 0.815. The number of amides is 1. The third-order valence-electron chi connectivity index (χ3n) is 4.80. The molecule has 0 bridgehead atoms. The Labute approximate surface area is 142 Å². The van der Waals surface area contributed by atoms with Crippen molar-refractivity contribution in [3.63, 3.8) is 0 Å². The van der Waals surface area contributed by atoms with Crippen molar-refractivity contribution in [2.45, 2.75) is 44.4 Å². The maximum atomic E-state index is 11.7. The Bertz CT molecular complexity index is 574. The third kappa shape index (κ3) is 4.15. The molecule has 0 radical (unpaired) electrons. The summed E-state index contributed by atoms with van der Waals surface area (Å²) in [5, 5.41) is 4.08.